The normalized spacial score (nSPS) is 14.2. The zero-order valence-electron chi connectivity index (χ0n) is 16.9. The molecule has 0 aromatic heterocycles. The van der Waals surface area contributed by atoms with Crippen molar-refractivity contribution in [3.63, 3.8) is 0 Å². The van der Waals surface area contributed by atoms with Crippen LogP contribution in [0.25, 0.3) is 0 Å². The van der Waals surface area contributed by atoms with Crippen LogP contribution in [-0.4, -0.2) is 59.7 Å². The van der Waals surface area contributed by atoms with Gasteiger partial charge in [-0.05, 0) is 25.0 Å². The van der Waals surface area contributed by atoms with E-state index in [4.69, 9.17) is 0 Å². The van der Waals surface area contributed by atoms with Crippen molar-refractivity contribution in [2.45, 2.75) is 25.8 Å². The highest BCUT2D eigenvalue weighted by Gasteiger charge is 2.32. The number of carbonyl (C=O) groups is 3. The van der Waals surface area contributed by atoms with Gasteiger partial charge in [0.1, 0.15) is 0 Å². The lowest BCUT2D eigenvalue weighted by atomic mass is 9.90. The van der Waals surface area contributed by atoms with Gasteiger partial charge in [0.2, 0.25) is 5.91 Å². The van der Waals surface area contributed by atoms with Crippen LogP contribution in [0.1, 0.15) is 30.9 Å². The van der Waals surface area contributed by atoms with Gasteiger partial charge in [-0.25, -0.2) is 0 Å². The minimum atomic E-state index is -0.591. The van der Waals surface area contributed by atoms with E-state index in [9.17, 15) is 14.4 Å². The molecule has 152 valence electrons. The number of piperazine rings is 1. The number of nitrogens with one attached hydrogen (secondary N) is 1. The molecule has 6 heteroatoms. The number of amides is 3. The highest BCUT2D eigenvalue weighted by atomic mass is 16.2. The van der Waals surface area contributed by atoms with E-state index in [-0.39, 0.29) is 17.9 Å². The molecule has 0 atom stereocenters. The summed E-state index contributed by atoms with van der Waals surface area (Å²) in [5, 5.41) is 2.62. The number of rotatable bonds is 4. The maximum atomic E-state index is 13.4. The second-order valence-electron chi connectivity index (χ2n) is 7.50. The highest BCUT2D eigenvalue weighted by molar-refractivity contribution is 6.35. The average Bonchev–Trinajstić information content (AvgIpc) is 2.74. The first kappa shape index (κ1) is 20.6. The summed E-state index contributed by atoms with van der Waals surface area (Å²) < 4.78 is 0. The Hall–Kier alpha value is -3.15. The van der Waals surface area contributed by atoms with Crippen LogP contribution in [-0.2, 0) is 14.4 Å². The van der Waals surface area contributed by atoms with Gasteiger partial charge in [-0.2, -0.15) is 0 Å². The fraction of sp³-hybridized carbons (Fsp3) is 0.348. The maximum Gasteiger partial charge on any atom is 0.312 e. The third-order valence-electron chi connectivity index (χ3n) is 5.01. The van der Waals surface area contributed by atoms with E-state index in [1.165, 1.54) is 4.90 Å². The Bertz CT molecular complexity index is 805. The zero-order valence-corrected chi connectivity index (χ0v) is 16.9. The molecule has 1 heterocycles. The van der Waals surface area contributed by atoms with Crippen molar-refractivity contribution in [3.05, 3.63) is 71.8 Å². The molecule has 1 fully saturated rings. The third-order valence-corrected chi connectivity index (χ3v) is 5.01. The van der Waals surface area contributed by atoms with Crippen molar-refractivity contribution >= 4 is 17.7 Å². The van der Waals surface area contributed by atoms with Gasteiger partial charge in [0.25, 0.3) is 0 Å². The maximum absolute atomic E-state index is 13.4. The van der Waals surface area contributed by atoms with Gasteiger partial charge in [0.15, 0.2) is 0 Å². The molecular weight excluding hydrogens is 366 g/mol. The summed E-state index contributed by atoms with van der Waals surface area (Å²) in [6.45, 7) is 5.16. The predicted octanol–water partition coefficient (Wildman–Crippen LogP) is 2.01. The van der Waals surface area contributed by atoms with Gasteiger partial charge >= 0.3 is 11.8 Å². The van der Waals surface area contributed by atoms with Gasteiger partial charge in [-0.3, -0.25) is 14.4 Å². The first-order chi connectivity index (χ1) is 14.0. The Kier molecular flexibility index (Phi) is 6.65. The van der Waals surface area contributed by atoms with Crippen molar-refractivity contribution in [2.24, 2.45) is 0 Å². The summed E-state index contributed by atoms with van der Waals surface area (Å²) >= 11 is 0. The quantitative estimate of drug-likeness (QED) is 0.808. The van der Waals surface area contributed by atoms with Crippen molar-refractivity contribution in [1.82, 2.24) is 15.1 Å². The highest BCUT2D eigenvalue weighted by Crippen LogP contribution is 2.27. The summed E-state index contributed by atoms with van der Waals surface area (Å²) in [5.74, 6) is -1.50. The van der Waals surface area contributed by atoms with Crippen LogP contribution in [0, 0.1) is 0 Å². The molecule has 0 radical (unpaired) electrons. The third kappa shape index (κ3) is 5.02. The Morgan fingerprint density at radius 3 is 1.66 bits per heavy atom. The molecule has 1 aliphatic rings. The number of hydrogen-bond acceptors (Lipinski definition) is 3. The summed E-state index contributed by atoms with van der Waals surface area (Å²) in [7, 11) is 0. The Morgan fingerprint density at radius 2 is 1.21 bits per heavy atom. The average molecular weight is 393 g/mol. The van der Waals surface area contributed by atoms with Crippen molar-refractivity contribution in [1.29, 1.82) is 0 Å². The SMILES string of the molecule is CC(C)NC(=O)C(=O)N1CCN(C(=O)C(c2ccccc2)c2ccccc2)CC1. The minimum absolute atomic E-state index is 0.0149. The Morgan fingerprint density at radius 1 is 0.759 bits per heavy atom. The molecule has 1 N–H and O–H groups in total. The standard InChI is InChI=1S/C23H27N3O3/c1-17(2)24-21(27)23(29)26-15-13-25(14-16-26)22(28)20(18-9-5-3-6-10-18)19-11-7-4-8-12-19/h3-12,17,20H,13-16H2,1-2H3,(H,24,27). The molecule has 0 saturated carbocycles. The zero-order chi connectivity index (χ0) is 20.8. The van der Waals surface area contributed by atoms with E-state index in [0.717, 1.165) is 11.1 Å². The monoisotopic (exact) mass is 393 g/mol. The van der Waals surface area contributed by atoms with Gasteiger partial charge in [0, 0.05) is 32.2 Å². The van der Waals surface area contributed by atoms with Crippen molar-refractivity contribution < 1.29 is 14.4 Å². The molecule has 2 aromatic rings. The number of carbonyl (C=O) groups excluding carboxylic acids is 3. The van der Waals surface area contributed by atoms with E-state index in [1.54, 1.807) is 4.90 Å². The number of nitrogens with zero attached hydrogens (tertiary/aromatic N) is 2. The second kappa shape index (κ2) is 9.37. The van der Waals surface area contributed by atoms with Gasteiger partial charge in [-0.1, -0.05) is 60.7 Å². The molecule has 1 aliphatic heterocycles. The topological polar surface area (TPSA) is 69.7 Å². The van der Waals surface area contributed by atoms with Crippen LogP contribution >= 0.6 is 0 Å². The molecule has 0 unspecified atom stereocenters. The summed E-state index contributed by atoms with van der Waals surface area (Å²) in [6, 6.07) is 19.4. The summed E-state index contributed by atoms with van der Waals surface area (Å²) in [6.07, 6.45) is 0. The lowest BCUT2D eigenvalue weighted by Gasteiger charge is -2.36. The molecule has 3 rings (SSSR count). The van der Waals surface area contributed by atoms with E-state index in [2.05, 4.69) is 5.32 Å². The van der Waals surface area contributed by atoms with Gasteiger partial charge < -0.3 is 15.1 Å². The van der Waals surface area contributed by atoms with Gasteiger partial charge in [0.05, 0.1) is 5.92 Å². The van der Waals surface area contributed by atoms with Gasteiger partial charge in [-0.15, -0.1) is 0 Å². The second-order valence-corrected chi connectivity index (χ2v) is 7.50. The lowest BCUT2D eigenvalue weighted by Crippen LogP contribution is -2.55. The summed E-state index contributed by atoms with van der Waals surface area (Å²) in [5.41, 5.74) is 1.89. The minimum Gasteiger partial charge on any atom is -0.346 e. The van der Waals surface area contributed by atoms with Crippen LogP contribution in [0.15, 0.2) is 60.7 Å². The van der Waals surface area contributed by atoms with Crippen LogP contribution in [0.3, 0.4) is 0 Å². The molecule has 1 saturated heterocycles. The molecule has 2 aromatic carbocycles. The first-order valence-electron chi connectivity index (χ1n) is 9.96. The molecule has 0 aliphatic carbocycles. The number of hydrogen-bond donors (Lipinski definition) is 1. The molecule has 0 spiro atoms. The summed E-state index contributed by atoms with van der Waals surface area (Å²) in [4.78, 5) is 41.0. The Labute approximate surface area is 171 Å². The van der Waals surface area contributed by atoms with E-state index >= 15 is 0 Å². The van der Waals surface area contributed by atoms with Crippen LogP contribution in [0.4, 0.5) is 0 Å². The van der Waals surface area contributed by atoms with Crippen LogP contribution in [0.5, 0.6) is 0 Å². The number of benzene rings is 2. The Balaban J connectivity index is 1.71. The van der Waals surface area contributed by atoms with E-state index < -0.39 is 11.8 Å². The molecular formula is C23H27N3O3. The molecule has 29 heavy (non-hydrogen) atoms. The largest absolute Gasteiger partial charge is 0.346 e. The fourth-order valence-electron chi connectivity index (χ4n) is 3.55. The fourth-order valence-corrected chi connectivity index (χ4v) is 3.55. The van der Waals surface area contributed by atoms with Crippen LogP contribution < -0.4 is 5.32 Å². The van der Waals surface area contributed by atoms with Crippen molar-refractivity contribution in [3.8, 4) is 0 Å². The molecule has 3 amide bonds. The first-order valence-corrected chi connectivity index (χ1v) is 9.96. The smallest absolute Gasteiger partial charge is 0.312 e. The molecule has 0 bridgehead atoms. The van der Waals surface area contributed by atoms with Crippen molar-refractivity contribution in [2.75, 3.05) is 26.2 Å². The van der Waals surface area contributed by atoms with Crippen LogP contribution in [0.2, 0.25) is 0 Å². The van der Waals surface area contributed by atoms with E-state index in [1.807, 2.05) is 74.5 Å². The molecule has 6 nitrogen and oxygen atoms in total. The lowest BCUT2D eigenvalue weighted by molar-refractivity contribution is -0.148. The van der Waals surface area contributed by atoms with E-state index in [0.29, 0.717) is 26.2 Å². The predicted molar refractivity (Wildman–Crippen MR) is 111 cm³/mol.